The summed E-state index contributed by atoms with van der Waals surface area (Å²) in [5.74, 6) is 2.74. The van der Waals surface area contributed by atoms with Gasteiger partial charge >= 0.3 is 0 Å². The maximum absolute atomic E-state index is 5.81. The zero-order valence-corrected chi connectivity index (χ0v) is 19.0. The van der Waals surface area contributed by atoms with E-state index in [0.29, 0.717) is 13.2 Å². The van der Waals surface area contributed by atoms with Gasteiger partial charge in [0.25, 0.3) is 0 Å². The first-order valence-corrected chi connectivity index (χ1v) is 9.52. The van der Waals surface area contributed by atoms with Crippen LogP contribution in [0, 0.1) is 0 Å². The highest BCUT2D eigenvalue weighted by atomic mass is 127. The number of aryl methyl sites for hydroxylation is 1. The van der Waals surface area contributed by atoms with Gasteiger partial charge in [-0.1, -0.05) is 18.2 Å². The number of halogens is 1. The Kier molecular flexibility index (Phi) is 9.48. The number of nitrogens with zero attached hydrogens (tertiary/aromatic N) is 6. The van der Waals surface area contributed by atoms with E-state index in [4.69, 9.17) is 9.73 Å². The van der Waals surface area contributed by atoms with Gasteiger partial charge in [0.1, 0.15) is 31.1 Å². The Morgan fingerprint density at radius 2 is 1.93 bits per heavy atom. The SMILES string of the molecule is CCNC(=NCc1ncnn1C)N1CCN(CCOc2ccccc2)CC1.I. The van der Waals surface area contributed by atoms with Crippen LogP contribution in [-0.4, -0.2) is 76.4 Å². The van der Waals surface area contributed by atoms with Gasteiger partial charge in [-0.3, -0.25) is 9.58 Å². The molecule has 2 heterocycles. The standard InChI is InChI=1S/C19H29N7O.HI/c1-3-20-19(21-15-18-22-16-23-24(18)2)26-11-9-25(10-12-26)13-14-27-17-7-5-4-6-8-17;/h4-8,16H,3,9-15H2,1-2H3,(H,20,21);1H. The number of rotatable bonds is 7. The third-order valence-electron chi connectivity index (χ3n) is 4.60. The summed E-state index contributed by atoms with van der Waals surface area (Å²) in [7, 11) is 1.89. The molecule has 0 spiro atoms. The third kappa shape index (κ3) is 6.62. The van der Waals surface area contributed by atoms with E-state index >= 15 is 0 Å². The van der Waals surface area contributed by atoms with Crippen molar-refractivity contribution in [3.8, 4) is 5.75 Å². The van der Waals surface area contributed by atoms with E-state index in [1.165, 1.54) is 0 Å². The molecule has 28 heavy (non-hydrogen) atoms. The quantitative estimate of drug-likeness (QED) is 0.355. The van der Waals surface area contributed by atoms with Crippen LogP contribution in [-0.2, 0) is 13.6 Å². The second kappa shape index (κ2) is 11.8. The van der Waals surface area contributed by atoms with E-state index in [2.05, 4.69) is 32.1 Å². The zero-order valence-electron chi connectivity index (χ0n) is 16.6. The molecule has 0 radical (unpaired) electrons. The summed E-state index contributed by atoms with van der Waals surface area (Å²) in [5.41, 5.74) is 0. The molecule has 1 aromatic carbocycles. The van der Waals surface area contributed by atoms with Crippen molar-refractivity contribution >= 4 is 29.9 Å². The van der Waals surface area contributed by atoms with Crippen LogP contribution in [0.3, 0.4) is 0 Å². The number of para-hydroxylation sites is 1. The number of aliphatic imine (C=N–C) groups is 1. The lowest BCUT2D eigenvalue weighted by molar-refractivity contribution is 0.152. The number of benzene rings is 1. The number of hydrogen-bond donors (Lipinski definition) is 1. The Morgan fingerprint density at radius 3 is 2.57 bits per heavy atom. The number of piperazine rings is 1. The molecule has 0 bridgehead atoms. The fraction of sp³-hybridized carbons (Fsp3) is 0.526. The van der Waals surface area contributed by atoms with Crippen molar-refractivity contribution in [2.24, 2.45) is 12.0 Å². The molecule has 154 valence electrons. The smallest absolute Gasteiger partial charge is 0.194 e. The van der Waals surface area contributed by atoms with Crippen LogP contribution in [0.25, 0.3) is 0 Å². The minimum Gasteiger partial charge on any atom is -0.492 e. The maximum Gasteiger partial charge on any atom is 0.194 e. The third-order valence-corrected chi connectivity index (χ3v) is 4.60. The molecule has 0 aliphatic carbocycles. The Bertz CT molecular complexity index is 714. The van der Waals surface area contributed by atoms with Crippen LogP contribution < -0.4 is 10.1 Å². The van der Waals surface area contributed by atoms with Gasteiger partial charge in [-0.2, -0.15) is 5.10 Å². The topological polar surface area (TPSA) is 70.8 Å². The predicted molar refractivity (Wildman–Crippen MR) is 121 cm³/mol. The first-order chi connectivity index (χ1) is 13.3. The molecule has 0 atom stereocenters. The van der Waals surface area contributed by atoms with Crippen LogP contribution >= 0.6 is 24.0 Å². The van der Waals surface area contributed by atoms with Crippen LogP contribution in [0.2, 0.25) is 0 Å². The molecular formula is C19H30IN7O. The monoisotopic (exact) mass is 499 g/mol. The molecule has 1 fully saturated rings. The lowest BCUT2D eigenvalue weighted by Crippen LogP contribution is -2.53. The number of aromatic nitrogens is 3. The molecule has 1 N–H and O–H groups in total. The van der Waals surface area contributed by atoms with E-state index in [0.717, 1.165) is 56.8 Å². The summed E-state index contributed by atoms with van der Waals surface area (Å²) in [6.45, 7) is 9.05. The first kappa shape index (κ1) is 22.4. The molecule has 1 aliphatic rings. The van der Waals surface area contributed by atoms with Gasteiger partial charge in [-0.15, -0.1) is 24.0 Å². The Morgan fingerprint density at radius 1 is 1.18 bits per heavy atom. The Hall–Kier alpha value is -1.88. The lowest BCUT2D eigenvalue weighted by atomic mass is 10.3. The van der Waals surface area contributed by atoms with E-state index in [-0.39, 0.29) is 24.0 Å². The van der Waals surface area contributed by atoms with Crippen molar-refractivity contribution in [1.29, 1.82) is 0 Å². The number of guanidine groups is 1. The highest BCUT2D eigenvalue weighted by molar-refractivity contribution is 14.0. The highest BCUT2D eigenvalue weighted by Crippen LogP contribution is 2.09. The predicted octanol–water partition coefficient (Wildman–Crippen LogP) is 1.60. The number of ether oxygens (including phenoxy) is 1. The summed E-state index contributed by atoms with van der Waals surface area (Å²) in [6, 6.07) is 9.98. The number of hydrogen-bond acceptors (Lipinski definition) is 5. The molecule has 2 aromatic rings. The second-order valence-electron chi connectivity index (χ2n) is 6.46. The van der Waals surface area contributed by atoms with Crippen LogP contribution in [0.4, 0.5) is 0 Å². The van der Waals surface area contributed by atoms with Gasteiger partial charge in [-0.05, 0) is 19.1 Å². The fourth-order valence-electron chi connectivity index (χ4n) is 3.03. The molecule has 1 aliphatic heterocycles. The van der Waals surface area contributed by atoms with Gasteiger partial charge in [0.05, 0.1) is 0 Å². The summed E-state index contributed by atoms with van der Waals surface area (Å²) in [6.07, 6.45) is 1.56. The van der Waals surface area contributed by atoms with E-state index in [9.17, 15) is 0 Å². The van der Waals surface area contributed by atoms with Crippen molar-refractivity contribution in [3.63, 3.8) is 0 Å². The Labute approximate surface area is 184 Å². The average molecular weight is 499 g/mol. The van der Waals surface area contributed by atoms with Crippen molar-refractivity contribution in [3.05, 3.63) is 42.5 Å². The van der Waals surface area contributed by atoms with Crippen LogP contribution in [0.1, 0.15) is 12.7 Å². The number of nitrogens with one attached hydrogen (secondary N) is 1. The summed E-state index contributed by atoms with van der Waals surface area (Å²) < 4.78 is 7.57. The molecule has 8 nitrogen and oxygen atoms in total. The molecule has 1 aromatic heterocycles. The van der Waals surface area contributed by atoms with Gasteiger partial charge in [-0.25, -0.2) is 9.98 Å². The molecule has 0 saturated carbocycles. The molecule has 0 unspecified atom stereocenters. The summed E-state index contributed by atoms with van der Waals surface area (Å²) in [4.78, 5) is 13.7. The van der Waals surface area contributed by atoms with Crippen LogP contribution in [0.5, 0.6) is 5.75 Å². The first-order valence-electron chi connectivity index (χ1n) is 9.52. The second-order valence-corrected chi connectivity index (χ2v) is 6.46. The minimum absolute atomic E-state index is 0. The Balaban J connectivity index is 0.00000280. The van der Waals surface area contributed by atoms with E-state index < -0.39 is 0 Å². The van der Waals surface area contributed by atoms with Gasteiger partial charge < -0.3 is 15.0 Å². The van der Waals surface area contributed by atoms with Crippen molar-refractivity contribution < 1.29 is 4.74 Å². The van der Waals surface area contributed by atoms with Gasteiger partial charge in [0.15, 0.2) is 5.96 Å². The molecule has 1 saturated heterocycles. The molecule has 3 rings (SSSR count). The van der Waals surface area contributed by atoms with E-state index in [1.54, 1.807) is 11.0 Å². The summed E-state index contributed by atoms with van der Waals surface area (Å²) >= 11 is 0. The van der Waals surface area contributed by atoms with Crippen molar-refractivity contribution in [2.45, 2.75) is 13.5 Å². The minimum atomic E-state index is 0. The van der Waals surface area contributed by atoms with Gasteiger partial charge in [0.2, 0.25) is 0 Å². The lowest BCUT2D eigenvalue weighted by Gasteiger charge is -2.36. The highest BCUT2D eigenvalue weighted by Gasteiger charge is 2.19. The maximum atomic E-state index is 5.81. The summed E-state index contributed by atoms with van der Waals surface area (Å²) in [5, 5.41) is 7.49. The van der Waals surface area contributed by atoms with E-state index in [1.807, 2.05) is 37.4 Å². The molecule has 9 heteroatoms. The molecule has 0 amide bonds. The normalized spacial score (nSPS) is 15.2. The molecular weight excluding hydrogens is 469 g/mol. The van der Waals surface area contributed by atoms with Gasteiger partial charge in [0, 0.05) is 46.3 Å². The zero-order chi connectivity index (χ0) is 18.9. The average Bonchev–Trinajstić information content (AvgIpc) is 3.11. The van der Waals surface area contributed by atoms with Crippen LogP contribution in [0.15, 0.2) is 41.7 Å². The van der Waals surface area contributed by atoms with Crippen molar-refractivity contribution in [1.82, 2.24) is 29.9 Å². The fourth-order valence-corrected chi connectivity index (χ4v) is 3.03. The largest absolute Gasteiger partial charge is 0.492 e. The van der Waals surface area contributed by atoms with Crippen molar-refractivity contribution in [2.75, 3.05) is 45.9 Å².